The Hall–Kier alpha value is -2.56. The van der Waals surface area contributed by atoms with Gasteiger partial charge in [0.1, 0.15) is 5.76 Å². The van der Waals surface area contributed by atoms with Gasteiger partial charge in [0.2, 0.25) is 0 Å². The largest absolute Gasteiger partial charge is 0.469 e. The van der Waals surface area contributed by atoms with Gasteiger partial charge in [-0.1, -0.05) is 13.0 Å². The zero-order chi connectivity index (χ0) is 13.2. The molecule has 3 heterocycles. The lowest BCUT2D eigenvalue weighted by Crippen LogP contribution is -1.90. The van der Waals surface area contributed by atoms with E-state index in [-0.39, 0.29) is 0 Å². The van der Waals surface area contributed by atoms with Gasteiger partial charge >= 0.3 is 0 Å². The van der Waals surface area contributed by atoms with Crippen LogP contribution in [0.5, 0.6) is 0 Å². The fraction of sp³-hybridized carbons (Fsp3) is 0.143. The van der Waals surface area contributed by atoms with Crippen molar-refractivity contribution in [2.75, 3.05) is 5.73 Å². The van der Waals surface area contributed by atoms with Gasteiger partial charge in [-0.05, 0) is 12.1 Å². The number of rotatable bonds is 3. The van der Waals surface area contributed by atoms with Gasteiger partial charge in [0, 0.05) is 29.9 Å². The van der Waals surface area contributed by atoms with E-state index in [4.69, 9.17) is 10.2 Å². The molecule has 0 spiro atoms. The summed E-state index contributed by atoms with van der Waals surface area (Å²) in [6.07, 6.45) is 6.00. The predicted molar refractivity (Wildman–Crippen MR) is 73.3 cm³/mol. The minimum atomic E-state index is 0.464. The monoisotopic (exact) mass is 254 g/mol. The molecule has 0 radical (unpaired) electrons. The second-order valence-corrected chi connectivity index (χ2v) is 4.21. The summed E-state index contributed by atoms with van der Waals surface area (Å²) < 4.78 is 5.46. The molecule has 3 rings (SSSR count). The van der Waals surface area contributed by atoms with Gasteiger partial charge in [-0.2, -0.15) is 5.10 Å². The highest BCUT2D eigenvalue weighted by atomic mass is 16.3. The number of furan rings is 1. The van der Waals surface area contributed by atoms with Crippen LogP contribution in [-0.4, -0.2) is 15.2 Å². The number of nitrogens with zero attached hydrogens (tertiary/aromatic N) is 2. The van der Waals surface area contributed by atoms with Crippen LogP contribution >= 0.6 is 0 Å². The third-order valence-electron chi connectivity index (χ3n) is 3.08. The maximum atomic E-state index is 5.97. The van der Waals surface area contributed by atoms with E-state index in [0.717, 1.165) is 34.6 Å². The Labute approximate surface area is 110 Å². The third-order valence-corrected chi connectivity index (χ3v) is 3.08. The Morgan fingerprint density at radius 3 is 3.00 bits per heavy atom. The van der Waals surface area contributed by atoms with E-state index in [1.165, 1.54) is 0 Å². The van der Waals surface area contributed by atoms with E-state index in [2.05, 4.69) is 15.2 Å². The molecule has 0 saturated heterocycles. The first kappa shape index (κ1) is 11.5. The first-order valence-electron chi connectivity index (χ1n) is 6.12. The number of pyridine rings is 1. The lowest BCUT2D eigenvalue weighted by Gasteiger charge is -2.03. The molecule has 0 saturated carbocycles. The van der Waals surface area contributed by atoms with Crippen molar-refractivity contribution in [1.82, 2.24) is 15.2 Å². The van der Waals surface area contributed by atoms with Crippen LogP contribution in [0, 0.1) is 0 Å². The average Bonchev–Trinajstić information content (AvgIpc) is 3.05. The van der Waals surface area contributed by atoms with E-state index in [1.54, 1.807) is 18.7 Å². The first-order chi connectivity index (χ1) is 9.31. The van der Waals surface area contributed by atoms with Gasteiger partial charge in [-0.25, -0.2) is 0 Å². The highest BCUT2D eigenvalue weighted by Gasteiger charge is 2.18. The smallest absolute Gasteiger partial charge is 0.153 e. The number of hydrogen-bond acceptors (Lipinski definition) is 4. The Morgan fingerprint density at radius 2 is 2.26 bits per heavy atom. The maximum absolute atomic E-state index is 5.97. The lowest BCUT2D eigenvalue weighted by atomic mass is 10.0. The molecule has 3 aromatic heterocycles. The van der Waals surface area contributed by atoms with E-state index >= 15 is 0 Å². The molecule has 0 fully saturated rings. The number of aromatic amines is 1. The van der Waals surface area contributed by atoms with Gasteiger partial charge in [-0.3, -0.25) is 10.1 Å². The van der Waals surface area contributed by atoms with Crippen molar-refractivity contribution in [1.29, 1.82) is 0 Å². The molecule has 19 heavy (non-hydrogen) atoms. The number of hydrogen-bond donors (Lipinski definition) is 2. The molecule has 3 N–H and O–H groups in total. The molecule has 5 heteroatoms. The van der Waals surface area contributed by atoms with E-state index in [1.807, 2.05) is 25.1 Å². The Balaban J connectivity index is 2.20. The second kappa shape index (κ2) is 4.61. The van der Waals surface area contributed by atoms with Crippen molar-refractivity contribution in [3.8, 4) is 22.4 Å². The summed E-state index contributed by atoms with van der Waals surface area (Å²) in [5.41, 5.74) is 9.63. The topological polar surface area (TPSA) is 80.7 Å². The van der Waals surface area contributed by atoms with Gasteiger partial charge in [-0.15, -0.1) is 0 Å². The summed E-state index contributed by atoms with van der Waals surface area (Å²) in [5, 5.41) is 7.09. The van der Waals surface area contributed by atoms with Crippen molar-refractivity contribution >= 4 is 5.82 Å². The lowest BCUT2D eigenvalue weighted by molar-refractivity contribution is 0.517. The Bertz CT molecular complexity index is 685. The van der Waals surface area contributed by atoms with Crippen LogP contribution in [0.2, 0.25) is 0 Å². The predicted octanol–water partition coefficient (Wildman–Crippen LogP) is 2.88. The van der Waals surface area contributed by atoms with E-state index in [9.17, 15) is 0 Å². The highest BCUT2D eigenvalue weighted by molar-refractivity contribution is 5.87. The van der Waals surface area contributed by atoms with Crippen LogP contribution in [0.4, 0.5) is 5.82 Å². The van der Waals surface area contributed by atoms with Crippen LogP contribution in [0.15, 0.2) is 41.3 Å². The minimum absolute atomic E-state index is 0.464. The van der Waals surface area contributed by atoms with Crippen molar-refractivity contribution in [2.45, 2.75) is 13.3 Å². The van der Waals surface area contributed by atoms with Crippen LogP contribution in [0.1, 0.15) is 12.7 Å². The third kappa shape index (κ3) is 1.89. The average molecular weight is 254 g/mol. The summed E-state index contributed by atoms with van der Waals surface area (Å²) in [5.74, 6) is 1.38. The normalized spacial score (nSPS) is 10.8. The maximum Gasteiger partial charge on any atom is 0.153 e. The molecule has 3 aromatic rings. The number of aromatic nitrogens is 3. The molecule has 0 bridgehead atoms. The van der Waals surface area contributed by atoms with Crippen LogP contribution in [0.3, 0.4) is 0 Å². The number of nitrogens with two attached hydrogens (primary N) is 1. The molecule has 0 aliphatic rings. The Kier molecular flexibility index (Phi) is 2.79. The zero-order valence-corrected chi connectivity index (χ0v) is 10.6. The molecule has 0 aliphatic carbocycles. The van der Waals surface area contributed by atoms with Crippen molar-refractivity contribution in [3.05, 3.63) is 42.6 Å². The summed E-state index contributed by atoms with van der Waals surface area (Å²) in [6, 6.07) is 5.76. The Morgan fingerprint density at radius 1 is 1.37 bits per heavy atom. The van der Waals surface area contributed by atoms with Crippen molar-refractivity contribution in [3.63, 3.8) is 0 Å². The molecule has 0 unspecified atom stereocenters. The molecule has 5 nitrogen and oxygen atoms in total. The molecule has 0 aromatic carbocycles. The van der Waals surface area contributed by atoms with Gasteiger partial charge in [0.25, 0.3) is 0 Å². The minimum Gasteiger partial charge on any atom is -0.469 e. The summed E-state index contributed by atoms with van der Waals surface area (Å²) in [6.45, 7) is 2.05. The molecule has 0 aliphatic heterocycles. The molecular formula is C14H14N4O. The van der Waals surface area contributed by atoms with Crippen molar-refractivity contribution in [2.24, 2.45) is 0 Å². The quantitative estimate of drug-likeness (QED) is 0.753. The summed E-state index contributed by atoms with van der Waals surface area (Å²) in [4.78, 5) is 4.13. The van der Waals surface area contributed by atoms with Gasteiger partial charge < -0.3 is 10.2 Å². The number of nitrogens with one attached hydrogen (secondary N) is 1. The number of aryl methyl sites for hydroxylation is 1. The summed E-state index contributed by atoms with van der Waals surface area (Å²) in [7, 11) is 0. The summed E-state index contributed by atoms with van der Waals surface area (Å²) >= 11 is 0. The second-order valence-electron chi connectivity index (χ2n) is 4.21. The highest BCUT2D eigenvalue weighted by Crippen LogP contribution is 2.36. The van der Waals surface area contributed by atoms with Gasteiger partial charge in [0.05, 0.1) is 17.5 Å². The molecular weight excluding hydrogens is 240 g/mol. The fourth-order valence-electron chi connectivity index (χ4n) is 2.19. The van der Waals surface area contributed by atoms with E-state index in [0.29, 0.717) is 5.82 Å². The number of nitrogen functional groups attached to an aromatic ring is 1. The van der Waals surface area contributed by atoms with Crippen molar-refractivity contribution < 1.29 is 4.42 Å². The standard InChI is InChI=1S/C14H14N4O/c1-2-11-10(5-7-19-11)13-12(14(15)18-17-13)9-4-3-6-16-8-9/h3-8H,2H2,1H3,(H3,15,17,18). The zero-order valence-electron chi connectivity index (χ0n) is 10.6. The fourth-order valence-corrected chi connectivity index (χ4v) is 2.19. The van der Waals surface area contributed by atoms with Crippen LogP contribution < -0.4 is 5.73 Å². The first-order valence-corrected chi connectivity index (χ1v) is 6.12. The van der Waals surface area contributed by atoms with Crippen LogP contribution in [0.25, 0.3) is 22.4 Å². The molecule has 0 amide bonds. The van der Waals surface area contributed by atoms with Gasteiger partial charge in [0.15, 0.2) is 5.82 Å². The molecule has 0 atom stereocenters. The number of H-pyrrole nitrogens is 1. The van der Waals surface area contributed by atoms with Crippen LogP contribution in [-0.2, 0) is 6.42 Å². The number of anilines is 1. The van der Waals surface area contributed by atoms with E-state index < -0.39 is 0 Å². The SMILES string of the molecule is CCc1occc1-c1[nH]nc(N)c1-c1cccnc1. The molecule has 96 valence electrons.